The van der Waals surface area contributed by atoms with E-state index in [1.54, 1.807) is 0 Å². The number of allylic oxidation sites excluding steroid dienone is 1. The number of ketones is 1. The number of fused-ring (bicyclic) bond motifs is 5. The molecule has 0 aromatic heterocycles. The van der Waals surface area contributed by atoms with Crippen LogP contribution in [0.15, 0.2) is 11.6 Å². The number of hydrogen-bond acceptors (Lipinski definition) is 3. The van der Waals surface area contributed by atoms with Crippen LogP contribution < -0.4 is 0 Å². The quantitative estimate of drug-likeness (QED) is 0.568. The van der Waals surface area contributed by atoms with E-state index in [1.165, 1.54) is 13.0 Å². The second-order valence-electron chi connectivity index (χ2n) is 9.91. The third-order valence-corrected chi connectivity index (χ3v) is 8.62. The van der Waals surface area contributed by atoms with Gasteiger partial charge in [-0.2, -0.15) is 13.2 Å². The van der Waals surface area contributed by atoms with E-state index in [9.17, 15) is 22.8 Å². The van der Waals surface area contributed by atoms with E-state index in [-0.39, 0.29) is 47.4 Å². The summed E-state index contributed by atoms with van der Waals surface area (Å²) in [6.07, 6.45) is 0.959. The van der Waals surface area contributed by atoms with Crippen molar-refractivity contribution in [3.05, 3.63) is 11.6 Å². The van der Waals surface area contributed by atoms with Crippen molar-refractivity contribution in [1.29, 1.82) is 0 Å². The fourth-order valence-corrected chi connectivity index (χ4v) is 7.30. The molecule has 0 aromatic carbocycles. The molecule has 156 valence electrons. The summed E-state index contributed by atoms with van der Waals surface area (Å²) in [6, 6.07) is 0. The summed E-state index contributed by atoms with van der Waals surface area (Å²) in [7, 11) is 0. The van der Waals surface area contributed by atoms with Crippen LogP contribution in [0.1, 0.15) is 65.7 Å². The molecule has 0 heterocycles. The van der Waals surface area contributed by atoms with E-state index in [4.69, 9.17) is 4.74 Å². The average molecular weight is 398 g/mol. The van der Waals surface area contributed by atoms with Crippen LogP contribution in [0.25, 0.3) is 0 Å². The van der Waals surface area contributed by atoms with Gasteiger partial charge in [0, 0.05) is 18.8 Å². The van der Waals surface area contributed by atoms with Crippen LogP contribution in [0.3, 0.4) is 0 Å². The highest BCUT2D eigenvalue weighted by molar-refractivity contribution is 5.91. The zero-order chi connectivity index (χ0) is 20.5. The van der Waals surface area contributed by atoms with Gasteiger partial charge >= 0.3 is 12.1 Å². The Hall–Kier alpha value is -1.33. The third-order valence-electron chi connectivity index (χ3n) is 8.62. The van der Waals surface area contributed by atoms with E-state index in [0.29, 0.717) is 18.4 Å². The van der Waals surface area contributed by atoms with Crippen LogP contribution in [0.4, 0.5) is 13.2 Å². The molecule has 0 aromatic rings. The van der Waals surface area contributed by atoms with Gasteiger partial charge in [-0.05, 0) is 73.3 Å². The second-order valence-corrected chi connectivity index (χ2v) is 9.91. The molecule has 4 aliphatic carbocycles. The average Bonchev–Trinajstić information content (AvgIpc) is 2.90. The van der Waals surface area contributed by atoms with E-state index in [1.807, 2.05) is 6.92 Å². The first-order valence-corrected chi connectivity index (χ1v) is 10.5. The minimum absolute atomic E-state index is 0.0405. The van der Waals surface area contributed by atoms with Gasteiger partial charge in [-0.1, -0.05) is 13.8 Å². The summed E-state index contributed by atoms with van der Waals surface area (Å²) in [4.78, 5) is 23.5. The summed E-state index contributed by atoms with van der Waals surface area (Å²) >= 11 is 0. The SMILES string of the molecule is CC(=O)OC1CCC2C3CC(C(F)(F)F)C4=CC(=O)CCC4(C)C3CCC12C. The van der Waals surface area contributed by atoms with Gasteiger partial charge < -0.3 is 4.74 Å². The Bertz CT molecular complexity index is 727. The highest BCUT2D eigenvalue weighted by Gasteiger charge is 2.64. The maximum absolute atomic E-state index is 14.0. The molecule has 0 spiro atoms. The van der Waals surface area contributed by atoms with E-state index < -0.39 is 17.5 Å². The number of alkyl halides is 3. The van der Waals surface area contributed by atoms with Crippen LogP contribution in [0, 0.1) is 34.5 Å². The first kappa shape index (κ1) is 20.0. The largest absolute Gasteiger partial charge is 0.462 e. The Labute approximate surface area is 164 Å². The Balaban J connectivity index is 1.73. The first-order chi connectivity index (χ1) is 13.0. The number of esters is 1. The Morgan fingerprint density at radius 1 is 1.14 bits per heavy atom. The fourth-order valence-electron chi connectivity index (χ4n) is 7.30. The normalized spacial score (nSPS) is 45.6. The van der Waals surface area contributed by atoms with Gasteiger partial charge in [0.05, 0.1) is 5.92 Å². The molecule has 0 amide bonds. The molecule has 3 fully saturated rings. The molecule has 7 atom stereocenters. The molecule has 0 bridgehead atoms. The second kappa shape index (κ2) is 6.33. The lowest BCUT2D eigenvalue weighted by atomic mass is 9.45. The summed E-state index contributed by atoms with van der Waals surface area (Å²) in [5.41, 5.74) is -0.473. The highest BCUT2D eigenvalue weighted by atomic mass is 19.4. The molecule has 0 N–H and O–H groups in total. The summed E-state index contributed by atoms with van der Waals surface area (Å²) < 4.78 is 47.7. The van der Waals surface area contributed by atoms with Gasteiger partial charge in [-0.25, -0.2) is 0 Å². The minimum Gasteiger partial charge on any atom is -0.462 e. The molecule has 7 unspecified atom stereocenters. The van der Waals surface area contributed by atoms with Crippen molar-refractivity contribution in [1.82, 2.24) is 0 Å². The van der Waals surface area contributed by atoms with E-state index in [0.717, 1.165) is 25.7 Å². The van der Waals surface area contributed by atoms with Crippen LogP contribution in [-0.4, -0.2) is 24.0 Å². The molecule has 4 rings (SSSR count). The number of hydrogen-bond donors (Lipinski definition) is 0. The third kappa shape index (κ3) is 2.85. The molecule has 4 aliphatic rings. The van der Waals surface area contributed by atoms with Gasteiger partial charge in [-0.15, -0.1) is 0 Å². The van der Waals surface area contributed by atoms with Gasteiger partial charge in [0.2, 0.25) is 0 Å². The van der Waals surface area contributed by atoms with Gasteiger partial charge in [0.25, 0.3) is 0 Å². The number of rotatable bonds is 1. The maximum atomic E-state index is 14.0. The van der Waals surface area contributed by atoms with Crippen LogP contribution in [0.5, 0.6) is 0 Å². The lowest BCUT2D eigenvalue weighted by molar-refractivity contribution is -0.196. The Kier molecular flexibility index (Phi) is 4.51. The van der Waals surface area contributed by atoms with Gasteiger partial charge in [-0.3, -0.25) is 9.59 Å². The van der Waals surface area contributed by atoms with Crippen LogP contribution in [-0.2, 0) is 14.3 Å². The van der Waals surface area contributed by atoms with Crippen LogP contribution in [0.2, 0.25) is 0 Å². The van der Waals surface area contributed by atoms with Crippen LogP contribution >= 0.6 is 0 Å². The van der Waals surface area contributed by atoms with Crippen molar-refractivity contribution in [2.24, 2.45) is 34.5 Å². The molecule has 0 aliphatic heterocycles. The molecular weight excluding hydrogens is 369 g/mol. The zero-order valence-electron chi connectivity index (χ0n) is 16.8. The molecule has 0 saturated heterocycles. The van der Waals surface area contributed by atoms with Crippen molar-refractivity contribution >= 4 is 11.8 Å². The molecule has 3 nitrogen and oxygen atoms in total. The molecule has 28 heavy (non-hydrogen) atoms. The van der Waals surface area contributed by atoms with Crippen molar-refractivity contribution in [2.45, 2.75) is 78.0 Å². The van der Waals surface area contributed by atoms with Gasteiger partial charge in [0.15, 0.2) is 5.78 Å². The topological polar surface area (TPSA) is 43.4 Å². The standard InChI is InChI=1S/C22H29F3O3/c1-12(26)28-19-5-4-15-14-11-18(22(23,24)25)17-10-13(27)6-8-20(17,2)16(14)7-9-21(15,19)3/h10,14-16,18-19H,4-9,11H2,1-3H3. The first-order valence-electron chi connectivity index (χ1n) is 10.5. The fraction of sp³-hybridized carbons (Fsp3) is 0.818. The van der Waals surface area contributed by atoms with Gasteiger partial charge in [0.1, 0.15) is 6.10 Å². The van der Waals surface area contributed by atoms with Crippen molar-refractivity contribution in [3.63, 3.8) is 0 Å². The maximum Gasteiger partial charge on any atom is 0.395 e. The summed E-state index contributed by atoms with van der Waals surface area (Å²) in [5, 5.41) is 0. The number of carbonyl (C=O) groups is 2. The predicted octanol–water partition coefficient (Wildman–Crippen LogP) is 5.24. The lowest BCUT2D eigenvalue weighted by Gasteiger charge is -2.59. The van der Waals surface area contributed by atoms with Crippen molar-refractivity contribution in [3.8, 4) is 0 Å². The molecule has 6 heteroatoms. The number of carbonyl (C=O) groups excluding carboxylic acids is 2. The van der Waals surface area contributed by atoms with Crippen molar-refractivity contribution < 1.29 is 27.5 Å². The number of halogens is 3. The lowest BCUT2D eigenvalue weighted by Crippen LogP contribution is -2.55. The van der Waals surface area contributed by atoms with Crippen molar-refractivity contribution in [2.75, 3.05) is 0 Å². The highest BCUT2D eigenvalue weighted by Crippen LogP contribution is 2.68. The molecule has 0 radical (unpaired) electrons. The number of ether oxygens (including phenoxy) is 1. The summed E-state index contributed by atoms with van der Waals surface area (Å²) in [6.45, 7) is 5.47. The Morgan fingerprint density at radius 2 is 1.86 bits per heavy atom. The predicted molar refractivity (Wildman–Crippen MR) is 97.2 cm³/mol. The smallest absolute Gasteiger partial charge is 0.395 e. The van der Waals surface area contributed by atoms with E-state index in [2.05, 4.69) is 6.92 Å². The van der Waals surface area contributed by atoms with E-state index >= 15 is 0 Å². The molecular formula is C22H29F3O3. The Morgan fingerprint density at radius 3 is 2.50 bits per heavy atom. The summed E-state index contributed by atoms with van der Waals surface area (Å²) in [5.74, 6) is -1.75. The monoisotopic (exact) mass is 398 g/mol. The zero-order valence-corrected chi connectivity index (χ0v) is 16.8. The molecule has 3 saturated carbocycles. The minimum atomic E-state index is -4.34.